The van der Waals surface area contributed by atoms with E-state index in [9.17, 15) is 19.0 Å². The molecule has 0 aliphatic carbocycles. The van der Waals surface area contributed by atoms with E-state index in [1.807, 2.05) is 20.2 Å². The number of phosphoric ester groups is 1. The van der Waals surface area contributed by atoms with Gasteiger partial charge in [-0.15, -0.1) is 0 Å². The molecule has 1 N–H and O–H groups in total. The van der Waals surface area contributed by atoms with Crippen LogP contribution in [0.3, 0.4) is 0 Å². The molecule has 9 nitrogen and oxygen atoms in total. The predicted octanol–water partition coefficient (Wildman–Crippen LogP) is 11.5. The Hall–Kier alpha value is -2.29. The molecular weight excluding hydrogens is 689 g/mol. The highest BCUT2D eigenvalue weighted by atomic mass is 31.2. The summed E-state index contributed by atoms with van der Waals surface area (Å²) >= 11 is 0. The van der Waals surface area contributed by atoms with E-state index in [4.69, 9.17) is 18.5 Å². The molecule has 0 aliphatic rings. The number of carbonyl (C=O) groups excluding carboxylic acids is 2. The fraction of sp³-hybridized carbons (Fsp3) is 0.721. The summed E-state index contributed by atoms with van der Waals surface area (Å²) in [6, 6.07) is 0. The normalized spacial score (nSPS) is 14.1. The van der Waals surface area contributed by atoms with E-state index in [0.717, 1.165) is 57.8 Å². The fourth-order valence-corrected chi connectivity index (χ4v) is 5.83. The topological polar surface area (TPSA) is 112 Å². The van der Waals surface area contributed by atoms with E-state index >= 15 is 0 Å². The number of ether oxygens (including phenoxy) is 2. The van der Waals surface area contributed by atoms with Crippen molar-refractivity contribution in [1.82, 2.24) is 4.90 Å². The summed E-state index contributed by atoms with van der Waals surface area (Å²) in [4.78, 5) is 36.9. The summed E-state index contributed by atoms with van der Waals surface area (Å²) in [5.74, 6) is -0.884. The van der Waals surface area contributed by atoms with Gasteiger partial charge < -0.3 is 19.3 Å². The summed E-state index contributed by atoms with van der Waals surface area (Å²) in [6.45, 7) is 4.18. The maximum atomic E-state index is 12.6. The molecule has 306 valence electrons. The quantitative estimate of drug-likeness (QED) is 0.0286. The highest BCUT2D eigenvalue weighted by Crippen LogP contribution is 2.43. The molecule has 0 heterocycles. The maximum Gasteiger partial charge on any atom is 0.472 e. The summed E-state index contributed by atoms with van der Waals surface area (Å²) in [6.07, 6.45) is 42.7. The van der Waals surface area contributed by atoms with Gasteiger partial charge in [0.05, 0.1) is 13.2 Å². The number of allylic oxidation sites excluding steroid dienone is 10. The maximum absolute atomic E-state index is 12.6. The van der Waals surface area contributed by atoms with Crippen molar-refractivity contribution in [1.29, 1.82) is 0 Å². The lowest BCUT2D eigenvalue weighted by Crippen LogP contribution is -2.29. The zero-order valence-electron chi connectivity index (χ0n) is 33.9. The van der Waals surface area contributed by atoms with E-state index < -0.39 is 32.5 Å². The lowest BCUT2D eigenvalue weighted by Gasteiger charge is -2.20. The smallest absolute Gasteiger partial charge is 0.462 e. The Balaban J connectivity index is 4.46. The van der Waals surface area contributed by atoms with Gasteiger partial charge in [-0.1, -0.05) is 126 Å². The van der Waals surface area contributed by atoms with Crippen molar-refractivity contribution in [2.45, 2.75) is 161 Å². The summed E-state index contributed by atoms with van der Waals surface area (Å²) in [5, 5.41) is 0. The standard InChI is InChI=1S/C43H76NO8P/c1-5-7-9-11-13-15-17-19-20-21-22-24-26-28-30-32-34-36-43(46)52-41(40-51-53(47,48)50-38-37-44(3)4)39-49-42(45)35-33-31-29-27-25-23-18-16-14-12-10-8-6-2/h13,15-16,18-20,22,24,28,30,41H,5-12,14,17,21,23,25-27,29,31-40H2,1-4H3,(H,47,48)/b15-13-,18-16-,20-19-,24-22-,30-28-. The van der Waals surface area contributed by atoms with Crippen LogP contribution in [-0.2, 0) is 32.7 Å². The van der Waals surface area contributed by atoms with E-state index in [2.05, 4.69) is 68.5 Å². The summed E-state index contributed by atoms with van der Waals surface area (Å²) in [5.41, 5.74) is 0. The van der Waals surface area contributed by atoms with Gasteiger partial charge >= 0.3 is 19.8 Å². The lowest BCUT2D eigenvalue weighted by molar-refractivity contribution is -0.161. The zero-order chi connectivity index (χ0) is 39.1. The third-order valence-corrected chi connectivity index (χ3v) is 9.28. The van der Waals surface area contributed by atoms with Crippen LogP contribution in [0.5, 0.6) is 0 Å². The predicted molar refractivity (Wildman–Crippen MR) is 220 cm³/mol. The third kappa shape index (κ3) is 39.2. The van der Waals surface area contributed by atoms with E-state index in [1.165, 1.54) is 57.8 Å². The molecule has 0 aromatic carbocycles. The summed E-state index contributed by atoms with van der Waals surface area (Å²) < 4.78 is 33.3. The van der Waals surface area contributed by atoms with Crippen molar-refractivity contribution in [3.63, 3.8) is 0 Å². The van der Waals surface area contributed by atoms with Crippen molar-refractivity contribution >= 4 is 19.8 Å². The molecule has 0 bridgehead atoms. The number of hydrogen-bond acceptors (Lipinski definition) is 8. The van der Waals surface area contributed by atoms with E-state index in [-0.39, 0.29) is 26.1 Å². The van der Waals surface area contributed by atoms with Gasteiger partial charge in [-0.2, -0.15) is 0 Å². The van der Waals surface area contributed by atoms with Crippen LogP contribution in [0.15, 0.2) is 60.8 Å². The Morgan fingerprint density at radius 2 is 1.04 bits per heavy atom. The highest BCUT2D eigenvalue weighted by molar-refractivity contribution is 7.47. The van der Waals surface area contributed by atoms with Crippen LogP contribution in [0.4, 0.5) is 0 Å². The molecular formula is C43H76NO8P. The second kappa shape index (κ2) is 38.0. The Labute approximate surface area is 323 Å². The number of carbonyl (C=O) groups is 2. The SMILES string of the molecule is CCCCC/C=C\C/C=C\C/C=C\C/C=C\CCCC(=O)OC(COC(=O)CCCCCCC/C=C\CCCCCC)COP(=O)(O)OCCN(C)C. The van der Waals surface area contributed by atoms with Gasteiger partial charge in [0, 0.05) is 19.4 Å². The third-order valence-electron chi connectivity index (χ3n) is 8.30. The minimum atomic E-state index is -4.38. The van der Waals surface area contributed by atoms with Crippen LogP contribution >= 0.6 is 7.82 Å². The van der Waals surface area contributed by atoms with Crippen molar-refractivity contribution in [2.75, 3.05) is 40.5 Å². The molecule has 0 amide bonds. The van der Waals surface area contributed by atoms with Crippen LogP contribution in [0.25, 0.3) is 0 Å². The second-order valence-electron chi connectivity index (χ2n) is 13.8. The van der Waals surface area contributed by atoms with Crippen molar-refractivity contribution < 1.29 is 37.6 Å². The molecule has 0 saturated carbocycles. The Bertz CT molecular complexity index is 1070. The van der Waals surface area contributed by atoms with Gasteiger partial charge in [0.15, 0.2) is 6.10 Å². The Kier molecular flexibility index (Phi) is 36.4. The van der Waals surface area contributed by atoms with Crippen LogP contribution in [0.1, 0.15) is 155 Å². The number of nitrogens with zero attached hydrogens (tertiary/aromatic N) is 1. The average Bonchev–Trinajstić information content (AvgIpc) is 3.12. The van der Waals surface area contributed by atoms with Crippen molar-refractivity contribution in [2.24, 2.45) is 0 Å². The molecule has 0 saturated heterocycles. The van der Waals surface area contributed by atoms with Gasteiger partial charge in [-0.3, -0.25) is 18.6 Å². The zero-order valence-corrected chi connectivity index (χ0v) is 34.8. The monoisotopic (exact) mass is 766 g/mol. The molecule has 0 fully saturated rings. The van der Waals surface area contributed by atoms with Crippen LogP contribution < -0.4 is 0 Å². The number of likely N-dealkylation sites (N-methyl/N-ethyl adjacent to an activating group) is 1. The number of phosphoric acid groups is 1. The van der Waals surface area contributed by atoms with Gasteiger partial charge in [0.25, 0.3) is 0 Å². The first kappa shape index (κ1) is 50.7. The number of esters is 2. The van der Waals surface area contributed by atoms with Gasteiger partial charge in [-0.25, -0.2) is 4.57 Å². The molecule has 2 unspecified atom stereocenters. The molecule has 0 rings (SSSR count). The largest absolute Gasteiger partial charge is 0.472 e. The van der Waals surface area contributed by atoms with E-state index in [0.29, 0.717) is 19.4 Å². The molecule has 10 heteroatoms. The number of rotatable bonds is 37. The molecule has 0 aliphatic heterocycles. The molecule has 53 heavy (non-hydrogen) atoms. The van der Waals surface area contributed by atoms with Crippen LogP contribution in [0, 0.1) is 0 Å². The number of unbranched alkanes of at least 4 members (excludes halogenated alkanes) is 13. The van der Waals surface area contributed by atoms with Crippen LogP contribution in [-0.4, -0.2) is 68.3 Å². The number of hydrogen-bond donors (Lipinski definition) is 1. The first-order valence-electron chi connectivity index (χ1n) is 20.6. The summed E-state index contributed by atoms with van der Waals surface area (Å²) in [7, 11) is -0.748. The minimum absolute atomic E-state index is 0.00642. The van der Waals surface area contributed by atoms with Crippen molar-refractivity contribution in [3.8, 4) is 0 Å². The van der Waals surface area contributed by atoms with Gasteiger partial charge in [0.2, 0.25) is 0 Å². The van der Waals surface area contributed by atoms with Gasteiger partial charge in [0.1, 0.15) is 6.61 Å². The average molecular weight is 766 g/mol. The van der Waals surface area contributed by atoms with Crippen LogP contribution in [0.2, 0.25) is 0 Å². The first-order valence-corrected chi connectivity index (χ1v) is 22.1. The molecule has 0 spiro atoms. The fourth-order valence-electron chi connectivity index (χ4n) is 5.08. The lowest BCUT2D eigenvalue weighted by atomic mass is 10.1. The Morgan fingerprint density at radius 3 is 1.62 bits per heavy atom. The molecule has 0 aromatic heterocycles. The molecule has 0 radical (unpaired) electrons. The Morgan fingerprint density at radius 1 is 0.585 bits per heavy atom. The minimum Gasteiger partial charge on any atom is -0.462 e. The first-order chi connectivity index (χ1) is 25.7. The molecule has 0 aromatic rings. The van der Waals surface area contributed by atoms with Gasteiger partial charge in [-0.05, 0) is 91.1 Å². The second-order valence-corrected chi connectivity index (χ2v) is 15.3. The molecule has 2 atom stereocenters. The highest BCUT2D eigenvalue weighted by Gasteiger charge is 2.26. The van der Waals surface area contributed by atoms with E-state index in [1.54, 1.807) is 4.90 Å². The van der Waals surface area contributed by atoms with Crippen molar-refractivity contribution in [3.05, 3.63) is 60.8 Å².